The van der Waals surface area contributed by atoms with E-state index in [1.807, 2.05) is 0 Å². The normalized spacial score (nSPS) is 18.6. The molecule has 7 heteroatoms. The molecule has 0 spiro atoms. The fourth-order valence-electron chi connectivity index (χ4n) is 1.64. The zero-order valence-corrected chi connectivity index (χ0v) is 9.66. The van der Waals surface area contributed by atoms with Crippen molar-refractivity contribution in [2.75, 3.05) is 6.54 Å². The van der Waals surface area contributed by atoms with Gasteiger partial charge in [0.1, 0.15) is 6.04 Å². The van der Waals surface area contributed by atoms with Gasteiger partial charge in [-0.05, 0) is 19.8 Å². The van der Waals surface area contributed by atoms with E-state index < -0.39 is 29.4 Å². The van der Waals surface area contributed by atoms with Gasteiger partial charge in [-0.2, -0.15) is 0 Å². The van der Waals surface area contributed by atoms with Gasteiger partial charge in [0.25, 0.3) is 0 Å². The minimum absolute atomic E-state index is 0.0691. The highest BCUT2D eigenvalue weighted by Gasteiger charge is 2.44. The second-order valence-corrected chi connectivity index (χ2v) is 4.39. The minimum Gasteiger partial charge on any atom is -0.481 e. The molecule has 0 aromatic heterocycles. The first-order valence-corrected chi connectivity index (χ1v) is 5.44. The fourth-order valence-corrected chi connectivity index (χ4v) is 1.64. The second kappa shape index (κ2) is 5.03. The molecule has 17 heavy (non-hydrogen) atoms. The van der Waals surface area contributed by atoms with Crippen LogP contribution in [0, 0.1) is 5.41 Å². The summed E-state index contributed by atoms with van der Waals surface area (Å²) in [6, 6.07) is -1.36. The van der Waals surface area contributed by atoms with Crippen LogP contribution in [0.15, 0.2) is 0 Å². The van der Waals surface area contributed by atoms with Crippen molar-refractivity contribution >= 4 is 17.9 Å². The molecule has 1 unspecified atom stereocenters. The zero-order chi connectivity index (χ0) is 13.1. The summed E-state index contributed by atoms with van der Waals surface area (Å²) in [6.45, 7) is 1.53. The maximum absolute atomic E-state index is 11.3. The smallest absolute Gasteiger partial charge is 0.315 e. The van der Waals surface area contributed by atoms with Gasteiger partial charge in [-0.1, -0.05) is 6.42 Å². The van der Waals surface area contributed by atoms with Gasteiger partial charge >= 0.3 is 12.0 Å². The second-order valence-electron chi connectivity index (χ2n) is 4.39. The van der Waals surface area contributed by atoms with Crippen molar-refractivity contribution in [1.82, 2.24) is 10.6 Å². The summed E-state index contributed by atoms with van der Waals surface area (Å²) < 4.78 is 0. The minimum atomic E-state index is -0.896. The van der Waals surface area contributed by atoms with Gasteiger partial charge in [0.2, 0.25) is 5.91 Å². The third-order valence-electron chi connectivity index (χ3n) is 3.13. The number of aliphatic carboxylic acids is 1. The van der Waals surface area contributed by atoms with E-state index in [0.29, 0.717) is 12.8 Å². The lowest BCUT2D eigenvalue weighted by atomic mass is 9.69. The molecule has 96 valence electrons. The Bertz CT molecular complexity index is 338. The van der Waals surface area contributed by atoms with Crippen LogP contribution in [0.4, 0.5) is 4.79 Å². The first-order chi connectivity index (χ1) is 7.87. The molecule has 1 atom stereocenters. The van der Waals surface area contributed by atoms with Crippen molar-refractivity contribution in [2.24, 2.45) is 11.1 Å². The van der Waals surface area contributed by atoms with Crippen LogP contribution in [0.1, 0.15) is 26.2 Å². The summed E-state index contributed by atoms with van der Waals surface area (Å²) in [6.07, 6.45) is 1.98. The first-order valence-electron chi connectivity index (χ1n) is 5.44. The summed E-state index contributed by atoms with van der Waals surface area (Å²) in [5.41, 5.74) is 4.14. The zero-order valence-electron chi connectivity index (χ0n) is 9.66. The highest BCUT2D eigenvalue weighted by Crippen LogP contribution is 2.40. The Morgan fingerprint density at radius 2 is 2.00 bits per heavy atom. The number of carbonyl (C=O) groups excluding carboxylic acids is 2. The average Bonchev–Trinajstić information content (AvgIpc) is 2.14. The molecule has 5 N–H and O–H groups in total. The molecule has 3 amide bonds. The van der Waals surface area contributed by atoms with Gasteiger partial charge in [0, 0.05) is 6.54 Å². The van der Waals surface area contributed by atoms with E-state index in [1.165, 1.54) is 6.92 Å². The highest BCUT2D eigenvalue weighted by molar-refractivity contribution is 5.85. The van der Waals surface area contributed by atoms with E-state index in [1.54, 1.807) is 0 Å². The highest BCUT2D eigenvalue weighted by atomic mass is 16.4. The number of carboxylic acids is 1. The number of urea groups is 1. The van der Waals surface area contributed by atoms with Crippen LogP contribution in [-0.2, 0) is 9.59 Å². The van der Waals surface area contributed by atoms with Crippen molar-refractivity contribution in [1.29, 1.82) is 0 Å². The van der Waals surface area contributed by atoms with Gasteiger partial charge < -0.3 is 21.5 Å². The Balaban J connectivity index is 2.37. The molecule has 0 aliphatic heterocycles. The quantitative estimate of drug-likeness (QED) is 0.515. The predicted octanol–water partition coefficient (Wildman–Crippen LogP) is -0.586. The molecule has 0 saturated heterocycles. The van der Waals surface area contributed by atoms with Crippen LogP contribution >= 0.6 is 0 Å². The molecule has 0 bridgehead atoms. The first kappa shape index (κ1) is 13.3. The van der Waals surface area contributed by atoms with Crippen LogP contribution in [0.25, 0.3) is 0 Å². The van der Waals surface area contributed by atoms with Crippen LogP contribution in [0.3, 0.4) is 0 Å². The summed E-state index contributed by atoms with van der Waals surface area (Å²) >= 11 is 0. The average molecular weight is 243 g/mol. The van der Waals surface area contributed by atoms with E-state index in [-0.39, 0.29) is 6.54 Å². The molecule has 0 radical (unpaired) electrons. The maximum Gasteiger partial charge on any atom is 0.315 e. The van der Waals surface area contributed by atoms with Crippen molar-refractivity contribution in [2.45, 2.75) is 32.2 Å². The maximum atomic E-state index is 11.3. The van der Waals surface area contributed by atoms with Gasteiger partial charge in [-0.25, -0.2) is 4.79 Å². The molecule has 7 nitrogen and oxygen atoms in total. The number of rotatable bonds is 5. The molecule has 0 heterocycles. The number of primary amides is 1. The molecule has 0 aromatic carbocycles. The lowest BCUT2D eigenvalue weighted by Crippen LogP contribution is -2.52. The third-order valence-corrected chi connectivity index (χ3v) is 3.13. The molecule has 1 aliphatic rings. The number of hydrogen-bond acceptors (Lipinski definition) is 3. The third kappa shape index (κ3) is 3.08. The number of carbonyl (C=O) groups is 3. The Morgan fingerprint density at radius 1 is 1.41 bits per heavy atom. The summed E-state index contributed by atoms with van der Waals surface area (Å²) in [7, 11) is 0. The van der Waals surface area contributed by atoms with Gasteiger partial charge in [0.05, 0.1) is 5.41 Å². The Hall–Kier alpha value is -1.79. The van der Waals surface area contributed by atoms with Crippen LogP contribution in [0.2, 0.25) is 0 Å². The van der Waals surface area contributed by atoms with Crippen LogP contribution in [-0.4, -0.2) is 35.6 Å². The van der Waals surface area contributed by atoms with Crippen molar-refractivity contribution in [3.8, 4) is 0 Å². The molecule has 1 saturated carbocycles. The van der Waals surface area contributed by atoms with Crippen molar-refractivity contribution < 1.29 is 19.5 Å². The lowest BCUT2D eigenvalue weighted by Gasteiger charge is -2.37. The molecule has 1 aliphatic carbocycles. The molecular formula is C10H17N3O4. The number of nitrogens with one attached hydrogen (secondary N) is 2. The van der Waals surface area contributed by atoms with Crippen molar-refractivity contribution in [3.63, 3.8) is 0 Å². The fraction of sp³-hybridized carbons (Fsp3) is 0.700. The summed E-state index contributed by atoms with van der Waals surface area (Å²) in [5.74, 6) is -1.54. The molecular weight excluding hydrogens is 226 g/mol. The SMILES string of the molecule is CC(NC(=O)NCC1(C(=O)O)CCC1)C(N)=O. The summed E-state index contributed by atoms with van der Waals surface area (Å²) in [4.78, 5) is 33.0. The van der Waals surface area contributed by atoms with Gasteiger partial charge in [0.15, 0.2) is 0 Å². The molecule has 1 fully saturated rings. The van der Waals surface area contributed by atoms with E-state index in [9.17, 15) is 14.4 Å². The monoisotopic (exact) mass is 243 g/mol. The van der Waals surface area contributed by atoms with E-state index in [0.717, 1.165) is 6.42 Å². The van der Waals surface area contributed by atoms with Crippen LogP contribution < -0.4 is 16.4 Å². The lowest BCUT2D eigenvalue weighted by molar-refractivity contribution is -0.153. The topological polar surface area (TPSA) is 122 Å². The van der Waals surface area contributed by atoms with Gasteiger partial charge in [-0.3, -0.25) is 9.59 Å². The van der Waals surface area contributed by atoms with Gasteiger partial charge in [-0.15, -0.1) is 0 Å². The predicted molar refractivity (Wildman–Crippen MR) is 59.1 cm³/mol. The van der Waals surface area contributed by atoms with Crippen LogP contribution in [0.5, 0.6) is 0 Å². The van der Waals surface area contributed by atoms with E-state index in [4.69, 9.17) is 10.8 Å². The molecule has 0 aromatic rings. The number of nitrogens with two attached hydrogens (primary N) is 1. The van der Waals surface area contributed by atoms with E-state index >= 15 is 0 Å². The standard InChI is InChI=1S/C10H17N3O4/c1-6(7(11)14)13-9(17)12-5-10(8(15)16)3-2-4-10/h6H,2-5H2,1H3,(H2,11,14)(H,15,16)(H2,12,13,17). The Labute approximate surface area is 98.7 Å². The molecule has 1 rings (SSSR count). The Morgan fingerprint density at radius 3 is 2.35 bits per heavy atom. The Kier molecular flexibility index (Phi) is 3.93. The number of carboxylic acid groups (broad SMARTS) is 1. The largest absolute Gasteiger partial charge is 0.481 e. The number of hydrogen-bond donors (Lipinski definition) is 4. The number of amides is 3. The van der Waals surface area contributed by atoms with Crippen molar-refractivity contribution in [3.05, 3.63) is 0 Å². The summed E-state index contributed by atoms with van der Waals surface area (Å²) in [5, 5.41) is 13.8. The van der Waals surface area contributed by atoms with E-state index in [2.05, 4.69) is 10.6 Å².